The summed E-state index contributed by atoms with van der Waals surface area (Å²) in [6.45, 7) is 3.54. The van der Waals surface area contributed by atoms with Gasteiger partial charge in [-0.25, -0.2) is 4.68 Å². The molecule has 0 saturated carbocycles. The van der Waals surface area contributed by atoms with Crippen LogP contribution in [0.2, 0.25) is 5.02 Å². The fraction of sp³-hybridized carbons (Fsp3) is 0.0952. The van der Waals surface area contributed by atoms with Crippen molar-refractivity contribution < 1.29 is 4.79 Å². The van der Waals surface area contributed by atoms with Gasteiger partial charge in [0.1, 0.15) is 0 Å². The highest BCUT2D eigenvalue weighted by Gasteiger charge is 2.29. The number of benzene rings is 2. The Morgan fingerprint density at radius 1 is 1.00 bits per heavy atom. The molecule has 0 atom stereocenters. The maximum Gasteiger partial charge on any atom is 0.280 e. The summed E-state index contributed by atoms with van der Waals surface area (Å²) in [5, 5.41) is 9.34. The number of carbonyl (C=O) groups is 1. The summed E-state index contributed by atoms with van der Waals surface area (Å²) in [6, 6.07) is 14.2. The molecular formula is C21H16BrClN4O2. The highest BCUT2D eigenvalue weighted by molar-refractivity contribution is 9.10. The van der Waals surface area contributed by atoms with E-state index < -0.39 is 0 Å². The number of rotatable bonds is 3. The van der Waals surface area contributed by atoms with Gasteiger partial charge in [0.05, 0.1) is 28.2 Å². The number of amides is 1. The van der Waals surface area contributed by atoms with Crippen LogP contribution in [0.4, 0.5) is 5.69 Å². The number of hydrogen-bond acceptors (Lipinski definition) is 3. The number of H-pyrrole nitrogens is 1. The lowest BCUT2D eigenvalue weighted by molar-refractivity contribution is -0.114. The van der Waals surface area contributed by atoms with E-state index in [9.17, 15) is 9.59 Å². The molecule has 1 aromatic heterocycles. The van der Waals surface area contributed by atoms with Gasteiger partial charge in [-0.05, 0) is 68.5 Å². The van der Waals surface area contributed by atoms with Crippen molar-refractivity contribution in [2.45, 2.75) is 13.8 Å². The van der Waals surface area contributed by atoms with Gasteiger partial charge in [0.15, 0.2) is 0 Å². The summed E-state index contributed by atoms with van der Waals surface area (Å²) in [5.41, 5.74) is 3.07. The van der Waals surface area contributed by atoms with Gasteiger partial charge < -0.3 is 0 Å². The fourth-order valence-corrected chi connectivity index (χ4v) is 3.48. The van der Waals surface area contributed by atoms with E-state index in [1.54, 1.807) is 56.3 Å². The molecule has 0 bridgehead atoms. The molecule has 4 rings (SSSR count). The second-order valence-corrected chi connectivity index (χ2v) is 7.96. The quantitative estimate of drug-likeness (QED) is 0.563. The van der Waals surface area contributed by atoms with E-state index in [2.05, 4.69) is 26.1 Å². The van der Waals surface area contributed by atoms with Gasteiger partial charge in [-0.1, -0.05) is 27.5 Å². The number of carbonyl (C=O) groups excluding carboxylic acids is 1. The lowest BCUT2D eigenvalue weighted by atomic mass is 10.1. The Morgan fingerprint density at radius 3 is 2.28 bits per heavy atom. The normalized spacial score (nSPS) is 15.3. The number of aryl methyl sites for hydroxylation is 1. The molecule has 6 nitrogen and oxygen atoms in total. The zero-order valence-corrected chi connectivity index (χ0v) is 18.0. The minimum atomic E-state index is -0.275. The van der Waals surface area contributed by atoms with Gasteiger partial charge in [-0.2, -0.15) is 10.1 Å². The van der Waals surface area contributed by atoms with Crippen LogP contribution >= 0.6 is 27.5 Å². The lowest BCUT2D eigenvalue weighted by Crippen LogP contribution is -2.21. The smallest absolute Gasteiger partial charge is 0.280 e. The Bertz CT molecular complexity index is 1220. The highest BCUT2D eigenvalue weighted by atomic mass is 79.9. The summed E-state index contributed by atoms with van der Waals surface area (Å²) in [5.74, 6) is -0.275. The Morgan fingerprint density at radius 2 is 1.62 bits per heavy atom. The molecule has 0 saturated heterocycles. The number of nitrogens with one attached hydrogen (secondary N) is 1. The van der Waals surface area contributed by atoms with Crippen LogP contribution < -0.4 is 10.6 Å². The minimum absolute atomic E-state index is 0.250. The number of halogens is 2. The first-order valence-corrected chi connectivity index (χ1v) is 9.97. The van der Waals surface area contributed by atoms with Crippen LogP contribution in [0.1, 0.15) is 18.2 Å². The zero-order valence-electron chi connectivity index (χ0n) is 15.6. The van der Waals surface area contributed by atoms with Gasteiger partial charge in [0.2, 0.25) is 0 Å². The lowest BCUT2D eigenvalue weighted by Gasteiger charge is -2.11. The van der Waals surface area contributed by atoms with Crippen LogP contribution in [0.25, 0.3) is 11.8 Å². The summed E-state index contributed by atoms with van der Waals surface area (Å²) < 4.78 is 2.34. The second kappa shape index (κ2) is 7.50. The molecular weight excluding hydrogens is 456 g/mol. The highest BCUT2D eigenvalue weighted by Crippen LogP contribution is 2.26. The van der Waals surface area contributed by atoms with E-state index in [1.165, 1.54) is 9.69 Å². The Labute approximate surface area is 180 Å². The molecule has 1 aliphatic rings. The van der Waals surface area contributed by atoms with Crippen LogP contribution in [0, 0.1) is 6.92 Å². The van der Waals surface area contributed by atoms with E-state index in [4.69, 9.17) is 11.6 Å². The van der Waals surface area contributed by atoms with Crippen molar-refractivity contribution in [2.24, 2.45) is 5.10 Å². The fourth-order valence-electron chi connectivity index (χ4n) is 3.09. The molecule has 0 unspecified atom stereocenters. The molecule has 0 aliphatic carbocycles. The number of nitrogens with zero attached hydrogens (tertiary/aromatic N) is 3. The molecule has 3 aromatic rings. The largest absolute Gasteiger partial charge is 0.295 e. The Balaban J connectivity index is 1.72. The topological polar surface area (TPSA) is 70.5 Å². The number of hydrogen-bond donors (Lipinski definition) is 1. The predicted molar refractivity (Wildman–Crippen MR) is 119 cm³/mol. The van der Waals surface area contributed by atoms with Crippen LogP contribution in [-0.4, -0.2) is 21.4 Å². The SMILES string of the molecule is CC1=NN(c2ccc(Br)cc2)C(=O)/C1=C/c1c(C)[nH]n(-c2ccc(Cl)cc2)c1=O. The minimum Gasteiger partial charge on any atom is -0.295 e. The van der Waals surface area contributed by atoms with Gasteiger partial charge in [-0.3, -0.25) is 14.7 Å². The predicted octanol–water partition coefficient (Wildman–Crippen LogP) is 4.70. The molecule has 0 radical (unpaired) electrons. The third-order valence-corrected chi connectivity index (χ3v) is 5.40. The van der Waals surface area contributed by atoms with Gasteiger partial charge in [0.25, 0.3) is 11.5 Å². The van der Waals surface area contributed by atoms with Crippen LogP contribution in [0.5, 0.6) is 0 Å². The van der Waals surface area contributed by atoms with E-state index in [1.807, 2.05) is 12.1 Å². The average molecular weight is 472 g/mol. The third-order valence-electron chi connectivity index (χ3n) is 4.62. The average Bonchev–Trinajstić information content (AvgIpc) is 3.14. The number of hydrazone groups is 1. The molecule has 0 fully saturated rings. The van der Waals surface area contributed by atoms with Crippen molar-refractivity contribution in [1.29, 1.82) is 0 Å². The number of anilines is 1. The van der Waals surface area contributed by atoms with E-state index in [0.717, 1.165) is 4.47 Å². The van der Waals surface area contributed by atoms with E-state index in [0.29, 0.717) is 38.9 Å². The first kappa shape index (κ1) is 19.4. The van der Waals surface area contributed by atoms with Crippen molar-refractivity contribution in [2.75, 3.05) is 5.01 Å². The first-order valence-electron chi connectivity index (χ1n) is 8.80. The van der Waals surface area contributed by atoms with Crippen molar-refractivity contribution in [3.8, 4) is 5.69 Å². The summed E-state index contributed by atoms with van der Waals surface area (Å²) >= 11 is 9.31. The van der Waals surface area contributed by atoms with Crippen molar-refractivity contribution in [3.05, 3.63) is 85.2 Å². The third kappa shape index (κ3) is 3.59. The molecule has 1 amide bonds. The second-order valence-electron chi connectivity index (χ2n) is 6.60. The number of aromatic amines is 1. The molecule has 0 spiro atoms. The maximum absolute atomic E-state index is 12.9. The van der Waals surface area contributed by atoms with E-state index in [-0.39, 0.29) is 11.5 Å². The van der Waals surface area contributed by atoms with Crippen LogP contribution in [-0.2, 0) is 4.79 Å². The Kier molecular flexibility index (Phi) is 5.02. The zero-order chi connectivity index (χ0) is 20.7. The maximum atomic E-state index is 12.9. The standard InChI is InChI=1S/C21H16BrClN4O2/c1-12-18(20(28)26(24-12)16-7-3-14(22)4-8-16)11-19-13(2)25-27(21(19)29)17-9-5-15(23)6-10-17/h3-11,25H,1-2H3/b18-11+. The van der Waals surface area contributed by atoms with Crippen LogP contribution in [0.3, 0.4) is 0 Å². The monoisotopic (exact) mass is 470 g/mol. The van der Waals surface area contributed by atoms with Crippen molar-refractivity contribution >= 4 is 50.9 Å². The molecule has 1 N–H and O–H groups in total. The molecule has 146 valence electrons. The van der Waals surface area contributed by atoms with Crippen molar-refractivity contribution in [1.82, 2.24) is 9.78 Å². The van der Waals surface area contributed by atoms with Crippen molar-refractivity contribution in [3.63, 3.8) is 0 Å². The van der Waals surface area contributed by atoms with Crippen LogP contribution in [0.15, 0.2) is 68.5 Å². The van der Waals surface area contributed by atoms with Gasteiger partial charge in [0, 0.05) is 15.2 Å². The molecule has 2 aromatic carbocycles. The number of aromatic nitrogens is 2. The molecule has 1 aliphatic heterocycles. The molecule has 29 heavy (non-hydrogen) atoms. The molecule has 8 heteroatoms. The summed E-state index contributed by atoms with van der Waals surface area (Å²) in [4.78, 5) is 25.9. The van der Waals surface area contributed by atoms with Gasteiger partial charge >= 0.3 is 0 Å². The molecule has 2 heterocycles. The summed E-state index contributed by atoms with van der Waals surface area (Å²) in [6.07, 6.45) is 1.60. The first-order chi connectivity index (χ1) is 13.8. The summed E-state index contributed by atoms with van der Waals surface area (Å²) in [7, 11) is 0. The Hall–Kier alpha value is -2.90. The van der Waals surface area contributed by atoms with E-state index >= 15 is 0 Å². The van der Waals surface area contributed by atoms with Gasteiger partial charge in [-0.15, -0.1) is 0 Å².